The zero-order valence-electron chi connectivity index (χ0n) is 14.5. The number of rotatable bonds is 5. The molecule has 5 nitrogen and oxygen atoms in total. The van der Waals surface area contributed by atoms with Crippen molar-refractivity contribution in [1.82, 2.24) is 16.0 Å². The van der Waals surface area contributed by atoms with E-state index >= 15 is 0 Å². The van der Waals surface area contributed by atoms with E-state index in [1.165, 1.54) is 5.56 Å². The quantitative estimate of drug-likeness (QED) is 0.611. The van der Waals surface area contributed by atoms with E-state index in [1.54, 1.807) is 24.3 Å². The van der Waals surface area contributed by atoms with E-state index in [9.17, 15) is 9.90 Å². The van der Waals surface area contributed by atoms with Gasteiger partial charge in [-0.2, -0.15) is 0 Å². The molecule has 134 valence electrons. The van der Waals surface area contributed by atoms with Crippen molar-refractivity contribution in [3.8, 4) is 5.75 Å². The van der Waals surface area contributed by atoms with E-state index in [2.05, 4.69) is 16.0 Å². The Morgan fingerprint density at radius 3 is 2.54 bits per heavy atom. The molecule has 1 atom stereocenters. The molecule has 0 bridgehead atoms. The van der Waals surface area contributed by atoms with Crippen molar-refractivity contribution in [2.75, 3.05) is 6.54 Å². The third kappa shape index (κ3) is 4.21. The Hall–Kier alpha value is -2.86. The first-order chi connectivity index (χ1) is 12.5. The Morgan fingerprint density at radius 1 is 1.15 bits per heavy atom. The monoisotopic (exact) mass is 367 g/mol. The number of carbonyl (C=O) groups is 1. The second-order valence-corrected chi connectivity index (χ2v) is 6.56. The summed E-state index contributed by atoms with van der Waals surface area (Å²) in [4.78, 5) is 12.8. The molecule has 2 aromatic carbocycles. The maximum Gasteiger partial charge on any atom is 0.251 e. The summed E-state index contributed by atoms with van der Waals surface area (Å²) in [5.41, 5.74) is 3.36. The lowest BCUT2D eigenvalue weighted by molar-refractivity contribution is -0.117. The average Bonchev–Trinajstić information content (AvgIpc) is 2.62. The Kier molecular flexibility index (Phi) is 5.53. The van der Waals surface area contributed by atoms with Crippen molar-refractivity contribution < 1.29 is 9.90 Å². The summed E-state index contributed by atoms with van der Waals surface area (Å²) in [5.74, 6) is 0.0406. The van der Waals surface area contributed by atoms with Gasteiger partial charge in [-0.15, -0.1) is 0 Å². The minimum atomic E-state index is -0.360. The maximum atomic E-state index is 12.8. The van der Waals surface area contributed by atoms with Crippen LogP contribution in [0, 0.1) is 0 Å². The Balaban J connectivity index is 1.75. The van der Waals surface area contributed by atoms with Crippen molar-refractivity contribution in [3.05, 3.63) is 77.0 Å². The molecule has 1 amide bonds. The van der Waals surface area contributed by atoms with Crippen molar-refractivity contribution in [3.63, 3.8) is 0 Å². The van der Waals surface area contributed by atoms with Crippen LogP contribution in [0.1, 0.15) is 24.1 Å². The zero-order chi connectivity index (χ0) is 18.5. The first-order valence-electron chi connectivity index (χ1n) is 8.44. The van der Waals surface area contributed by atoms with E-state index in [-0.39, 0.29) is 17.7 Å². The van der Waals surface area contributed by atoms with Gasteiger partial charge in [-0.25, -0.2) is 0 Å². The highest BCUT2D eigenvalue weighted by molar-refractivity contribution is 7.80. The summed E-state index contributed by atoms with van der Waals surface area (Å²) in [6, 6.07) is 16.4. The number of benzene rings is 2. The number of nitrogens with one attached hydrogen (secondary N) is 3. The number of hydrogen-bond acceptors (Lipinski definition) is 3. The molecule has 1 unspecified atom stereocenters. The van der Waals surface area contributed by atoms with Gasteiger partial charge in [0.2, 0.25) is 0 Å². The van der Waals surface area contributed by atoms with Crippen LogP contribution in [0.2, 0.25) is 0 Å². The van der Waals surface area contributed by atoms with Crippen LogP contribution in [0.4, 0.5) is 0 Å². The van der Waals surface area contributed by atoms with Gasteiger partial charge in [-0.05, 0) is 48.8 Å². The molecule has 6 heteroatoms. The van der Waals surface area contributed by atoms with E-state index in [0.29, 0.717) is 17.2 Å². The van der Waals surface area contributed by atoms with Gasteiger partial charge in [0.25, 0.3) is 5.91 Å². The van der Waals surface area contributed by atoms with Crippen LogP contribution in [0.5, 0.6) is 5.75 Å². The summed E-state index contributed by atoms with van der Waals surface area (Å²) < 4.78 is 0. The fraction of sp³-hybridized carbons (Fsp3) is 0.200. The molecule has 26 heavy (non-hydrogen) atoms. The molecular formula is C20H21N3O2S. The van der Waals surface area contributed by atoms with Gasteiger partial charge in [-0.1, -0.05) is 42.5 Å². The Labute approximate surface area is 158 Å². The lowest BCUT2D eigenvalue weighted by atomic mass is 9.95. The molecule has 1 aliphatic rings. The SMILES string of the molecule is CC1=C(C(=O)NCCc2ccccc2)C(c2ccc(O)cc2)NC(=S)N1. The summed E-state index contributed by atoms with van der Waals surface area (Å²) >= 11 is 5.24. The summed E-state index contributed by atoms with van der Waals surface area (Å²) in [7, 11) is 0. The summed E-state index contributed by atoms with van der Waals surface area (Å²) in [6.07, 6.45) is 0.766. The first-order valence-corrected chi connectivity index (χ1v) is 8.85. The van der Waals surface area contributed by atoms with E-state index < -0.39 is 0 Å². The predicted molar refractivity (Wildman–Crippen MR) is 106 cm³/mol. The predicted octanol–water partition coefficient (Wildman–Crippen LogP) is 2.54. The van der Waals surface area contributed by atoms with Crippen LogP contribution in [0.3, 0.4) is 0 Å². The van der Waals surface area contributed by atoms with Crippen molar-refractivity contribution in [2.45, 2.75) is 19.4 Å². The highest BCUT2D eigenvalue weighted by atomic mass is 32.1. The van der Waals surface area contributed by atoms with Crippen LogP contribution >= 0.6 is 12.2 Å². The van der Waals surface area contributed by atoms with Crippen LogP contribution in [-0.4, -0.2) is 22.7 Å². The van der Waals surface area contributed by atoms with Crippen molar-refractivity contribution in [1.29, 1.82) is 0 Å². The first kappa shape index (κ1) is 17.9. The lowest BCUT2D eigenvalue weighted by Gasteiger charge is -2.30. The topological polar surface area (TPSA) is 73.4 Å². The highest BCUT2D eigenvalue weighted by Gasteiger charge is 2.29. The molecule has 1 aliphatic heterocycles. The molecule has 0 spiro atoms. The van der Waals surface area contributed by atoms with Crippen LogP contribution in [0.15, 0.2) is 65.9 Å². The average molecular weight is 367 g/mol. The molecule has 0 aliphatic carbocycles. The largest absolute Gasteiger partial charge is 0.508 e. The number of phenols is 1. The maximum absolute atomic E-state index is 12.8. The highest BCUT2D eigenvalue weighted by Crippen LogP contribution is 2.27. The van der Waals surface area contributed by atoms with Gasteiger partial charge in [0.05, 0.1) is 11.6 Å². The van der Waals surface area contributed by atoms with Crippen LogP contribution < -0.4 is 16.0 Å². The van der Waals surface area contributed by atoms with E-state index in [1.807, 2.05) is 37.3 Å². The summed E-state index contributed by atoms with van der Waals surface area (Å²) in [5, 5.41) is 19.1. The van der Waals surface area contributed by atoms with Gasteiger partial charge in [0, 0.05) is 12.2 Å². The van der Waals surface area contributed by atoms with Gasteiger partial charge in [0.15, 0.2) is 5.11 Å². The van der Waals surface area contributed by atoms with Crippen molar-refractivity contribution in [2.24, 2.45) is 0 Å². The van der Waals surface area contributed by atoms with Gasteiger partial charge in [0.1, 0.15) is 5.75 Å². The van der Waals surface area contributed by atoms with E-state index in [4.69, 9.17) is 12.2 Å². The number of thiocarbonyl (C=S) groups is 1. The van der Waals surface area contributed by atoms with Gasteiger partial charge < -0.3 is 21.1 Å². The number of hydrogen-bond donors (Lipinski definition) is 4. The second kappa shape index (κ2) is 8.01. The van der Waals surface area contributed by atoms with E-state index in [0.717, 1.165) is 17.7 Å². The molecule has 1 heterocycles. The Morgan fingerprint density at radius 2 is 1.85 bits per heavy atom. The third-order valence-corrected chi connectivity index (χ3v) is 4.50. The minimum absolute atomic E-state index is 0.140. The lowest BCUT2D eigenvalue weighted by Crippen LogP contribution is -2.47. The van der Waals surface area contributed by atoms with Crippen LogP contribution in [-0.2, 0) is 11.2 Å². The fourth-order valence-corrected chi connectivity index (χ4v) is 3.24. The molecular weight excluding hydrogens is 346 g/mol. The number of amides is 1. The normalized spacial score (nSPS) is 16.7. The Bertz CT molecular complexity index is 832. The van der Waals surface area contributed by atoms with Gasteiger partial charge >= 0.3 is 0 Å². The second-order valence-electron chi connectivity index (χ2n) is 6.15. The summed E-state index contributed by atoms with van der Waals surface area (Å²) in [6.45, 7) is 2.39. The fourth-order valence-electron chi connectivity index (χ4n) is 2.97. The molecule has 3 rings (SSSR count). The molecule has 4 N–H and O–H groups in total. The molecule has 0 aromatic heterocycles. The van der Waals surface area contributed by atoms with Crippen molar-refractivity contribution >= 4 is 23.2 Å². The molecule has 0 saturated carbocycles. The third-order valence-electron chi connectivity index (χ3n) is 4.28. The zero-order valence-corrected chi connectivity index (χ0v) is 15.3. The number of allylic oxidation sites excluding steroid dienone is 1. The molecule has 0 saturated heterocycles. The van der Waals surface area contributed by atoms with Crippen LogP contribution in [0.25, 0.3) is 0 Å². The standard InChI is InChI=1S/C20H21N3O2S/c1-13-17(19(25)21-12-11-14-5-3-2-4-6-14)18(23-20(26)22-13)15-7-9-16(24)10-8-15/h2-10,18,24H,11-12H2,1H3,(H,21,25)(H2,22,23,26). The molecule has 0 fully saturated rings. The minimum Gasteiger partial charge on any atom is -0.508 e. The molecule has 0 radical (unpaired) electrons. The number of aromatic hydroxyl groups is 1. The molecule has 2 aromatic rings. The smallest absolute Gasteiger partial charge is 0.251 e. The number of phenolic OH excluding ortho intramolecular Hbond substituents is 1. The number of carbonyl (C=O) groups excluding carboxylic acids is 1. The van der Waals surface area contributed by atoms with Gasteiger partial charge in [-0.3, -0.25) is 4.79 Å².